The van der Waals surface area contributed by atoms with E-state index in [4.69, 9.17) is 21.1 Å². The van der Waals surface area contributed by atoms with Gasteiger partial charge in [0.25, 0.3) is 0 Å². The van der Waals surface area contributed by atoms with Crippen LogP contribution < -0.4 is 14.8 Å². The summed E-state index contributed by atoms with van der Waals surface area (Å²) in [5.41, 5.74) is 0.682. The van der Waals surface area contributed by atoms with Gasteiger partial charge in [-0.1, -0.05) is 17.7 Å². The van der Waals surface area contributed by atoms with Crippen molar-refractivity contribution >= 4 is 23.2 Å². The first-order chi connectivity index (χ1) is 10.5. The minimum Gasteiger partial charge on any atom is -0.497 e. The molecule has 0 unspecified atom stereocenters. The normalized spacial score (nSPS) is 10.2. The summed E-state index contributed by atoms with van der Waals surface area (Å²) in [6, 6.07) is 9.57. The molecule has 116 valence electrons. The average Bonchev–Trinajstić information content (AvgIpc) is 2.51. The van der Waals surface area contributed by atoms with Crippen molar-refractivity contribution < 1.29 is 18.7 Å². The fourth-order valence-corrected chi connectivity index (χ4v) is 2.16. The number of halogens is 2. The van der Waals surface area contributed by atoms with E-state index in [0.717, 1.165) is 0 Å². The van der Waals surface area contributed by atoms with Crippen LogP contribution >= 0.6 is 11.6 Å². The zero-order valence-electron chi connectivity index (χ0n) is 12.2. The van der Waals surface area contributed by atoms with Crippen molar-refractivity contribution in [3.05, 3.63) is 52.8 Å². The molecule has 0 aliphatic rings. The summed E-state index contributed by atoms with van der Waals surface area (Å²) in [5.74, 6) is 0.128. The van der Waals surface area contributed by atoms with Crippen LogP contribution in [0.15, 0.2) is 36.4 Å². The molecule has 6 heteroatoms. The molecule has 2 aromatic carbocycles. The molecule has 0 bridgehead atoms. The number of carbonyl (C=O) groups excluding carboxylic acids is 1. The number of carbonyl (C=O) groups is 1. The van der Waals surface area contributed by atoms with E-state index in [-0.39, 0.29) is 23.0 Å². The van der Waals surface area contributed by atoms with Crippen LogP contribution in [0.2, 0.25) is 5.02 Å². The lowest BCUT2D eigenvalue weighted by molar-refractivity contribution is -0.115. The Morgan fingerprint density at radius 1 is 1.23 bits per heavy atom. The SMILES string of the molecule is COc1ccc(OC)c(CC(=O)Nc2cccc(Cl)c2F)c1. The zero-order valence-corrected chi connectivity index (χ0v) is 12.9. The van der Waals surface area contributed by atoms with Gasteiger partial charge in [0.05, 0.1) is 31.4 Å². The van der Waals surface area contributed by atoms with Crippen LogP contribution in [0.5, 0.6) is 11.5 Å². The highest BCUT2D eigenvalue weighted by Crippen LogP contribution is 2.26. The minimum absolute atomic E-state index is 0.0202. The van der Waals surface area contributed by atoms with Gasteiger partial charge in [-0.15, -0.1) is 0 Å². The first kappa shape index (κ1) is 16.1. The van der Waals surface area contributed by atoms with E-state index in [0.29, 0.717) is 17.1 Å². The van der Waals surface area contributed by atoms with Gasteiger partial charge < -0.3 is 14.8 Å². The zero-order chi connectivity index (χ0) is 16.1. The van der Waals surface area contributed by atoms with Gasteiger partial charge in [0.15, 0.2) is 5.82 Å². The molecule has 0 saturated carbocycles. The van der Waals surface area contributed by atoms with Crippen molar-refractivity contribution in [2.75, 3.05) is 19.5 Å². The molecule has 0 fully saturated rings. The summed E-state index contributed by atoms with van der Waals surface area (Å²) >= 11 is 5.68. The predicted molar refractivity (Wildman–Crippen MR) is 83.3 cm³/mol. The Bertz CT molecular complexity index is 691. The van der Waals surface area contributed by atoms with Gasteiger partial charge in [-0.05, 0) is 30.3 Å². The molecule has 0 heterocycles. The molecule has 0 aromatic heterocycles. The van der Waals surface area contributed by atoms with Gasteiger partial charge in [-0.3, -0.25) is 4.79 Å². The number of hydrogen-bond acceptors (Lipinski definition) is 3. The summed E-state index contributed by atoms with van der Waals surface area (Å²) in [6.45, 7) is 0. The van der Waals surface area contributed by atoms with E-state index in [1.165, 1.54) is 26.4 Å². The maximum absolute atomic E-state index is 13.8. The predicted octanol–water partition coefficient (Wildman–Crippen LogP) is 3.68. The monoisotopic (exact) mass is 323 g/mol. The van der Waals surface area contributed by atoms with E-state index in [9.17, 15) is 9.18 Å². The highest BCUT2D eigenvalue weighted by molar-refractivity contribution is 6.31. The van der Waals surface area contributed by atoms with E-state index in [1.54, 1.807) is 24.3 Å². The second kappa shape index (κ2) is 7.13. The Kier molecular flexibility index (Phi) is 5.22. The first-order valence-corrected chi connectivity index (χ1v) is 6.87. The van der Waals surface area contributed by atoms with Crippen LogP contribution in [0.3, 0.4) is 0 Å². The van der Waals surface area contributed by atoms with E-state index >= 15 is 0 Å². The second-order valence-corrected chi connectivity index (χ2v) is 4.91. The maximum atomic E-state index is 13.8. The third kappa shape index (κ3) is 3.68. The van der Waals surface area contributed by atoms with Crippen molar-refractivity contribution in [3.8, 4) is 11.5 Å². The number of rotatable bonds is 5. The highest BCUT2D eigenvalue weighted by Gasteiger charge is 2.13. The van der Waals surface area contributed by atoms with Crippen molar-refractivity contribution in [3.63, 3.8) is 0 Å². The summed E-state index contributed by atoms with van der Waals surface area (Å²) in [5, 5.41) is 2.45. The Morgan fingerprint density at radius 2 is 2.00 bits per heavy atom. The molecule has 22 heavy (non-hydrogen) atoms. The maximum Gasteiger partial charge on any atom is 0.229 e. The van der Waals surface area contributed by atoms with Crippen molar-refractivity contribution in [2.24, 2.45) is 0 Å². The van der Waals surface area contributed by atoms with Gasteiger partial charge in [-0.2, -0.15) is 0 Å². The van der Waals surface area contributed by atoms with Crippen LogP contribution in [0, 0.1) is 5.82 Å². The summed E-state index contributed by atoms with van der Waals surface area (Å²) < 4.78 is 24.1. The molecule has 1 N–H and O–H groups in total. The molecule has 0 aliphatic carbocycles. The van der Waals surface area contributed by atoms with Crippen molar-refractivity contribution in [1.82, 2.24) is 0 Å². The molecule has 0 saturated heterocycles. The number of benzene rings is 2. The largest absolute Gasteiger partial charge is 0.497 e. The fraction of sp³-hybridized carbons (Fsp3) is 0.188. The Hall–Kier alpha value is -2.27. The van der Waals surface area contributed by atoms with Crippen LogP contribution in [0.25, 0.3) is 0 Å². The molecule has 0 radical (unpaired) electrons. The Morgan fingerprint density at radius 3 is 2.68 bits per heavy atom. The molecule has 0 aliphatic heterocycles. The molecule has 0 atom stereocenters. The van der Waals surface area contributed by atoms with Gasteiger partial charge in [0.1, 0.15) is 11.5 Å². The quantitative estimate of drug-likeness (QED) is 0.913. The highest BCUT2D eigenvalue weighted by atomic mass is 35.5. The van der Waals surface area contributed by atoms with Gasteiger partial charge in [-0.25, -0.2) is 4.39 Å². The average molecular weight is 324 g/mol. The molecule has 2 aromatic rings. The van der Waals surface area contributed by atoms with Crippen molar-refractivity contribution in [2.45, 2.75) is 6.42 Å². The smallest absolute Gasteiger partial charge is 0.229 e. The van der Waals surface area contributed by atoms with Crippen LogP contribution in [-0.2, 0) is 11.2 Å². The van der Waals surface area contributed by atoms with Crippen LogP contribution in [0.4, 0.5) is 10.1 Å². The number of ether oxygens (including phenoxy) is 2. The van der Waals surface area contributed by atoms with Crippen LogP contribution in [0.1, 0.15) is 5.56 Å². The number of amides is 1. The lowest BCUT2D eigenvalue weighted by Crippen LogP contribution is -2.16. The van der Waals surface area contributed by atoms with Crippen LogP contribution in [-0.4, -0.2) is 20.1 Å². The fourth-order valence-electron chi connectivity index (χ4n) is 1.99. The van der Waals surface area contributed by atoms with Gasteiger partial charge in [0, 0.05) is 5.56 Å². The van der Waals surface area contributed by atoms with Crippen molar-refractivity contribution in [1.29, 1.82) is 0 Å². The third-order valence-corrected chi connectivity index (χ3v) is 3.36. The number of nitrogens with one attached hydrogen (secondary N) is 1. The summed E-state index contributed by atoms with van der Waals surface area (Å²) in [7, 11) is 3.05. The molecule has 4 nitrogen and oxygen atoms in total. The summed E-state index contributed by atoms with van der Waals surface area (Å²) in [4.78, 5) is 12.1. The molecule has 2 rings (SSSR count). The number of anilines is 1. The summed E-state index contributed by atoms with van der Waals surface area (Å²) in [6.07, 6.45) is 0.0202. The third-order valence-electron chi connectivity index (χ3n) is 3.06. The minimum atomic E-state index is -0.657. The van der Waals surface area contributed by atoms with E-state index < -0.39 is 5.82 Å². The molecule has 1 amide bonds. The first-order valence-electron chi connectivity index (χ1n) is 6.50. The molecular formula is C16H15ClFNO3. The molecular weight excluding hydrogens is 309 g/mol. The topological polar surface area (TPSA) is 47.6 Å². The lowest BCUT2D eigenvalue weighted by Gasteiger charge is -2.11. The Balaban J connectivity index is 2.16. The van der Waals surface area contributed by atoms with Gasteiger partial charge in [0.2, 0.25) is 5.91 Å². The standard InChI is InChI=1S/C16H15ClFNO3/c1-21-11-6-7-14(22-2)10(8-11)9-15(20)19-13-5-3-4-12(17)16(13)18/h3-8H,9H2,1-2H3,(H,19,20). The number of methoxy groups -OCH3 is 2. The van der Waals surface area contributed by atoms with E-state index in [1.807, 2.05) is 0 Å². The number of hydrogen-bond donors (Lipinski definition) is 1. The second-order valence-electron chi connectivity index (χ2n) is 4.50. The van der Waals surface area contributed by atoms with Gasteiger partial charge >= 0.3 is 0 Å². The molecule has 0 spiro atoms. The Labute approximate surface area is 132 Å². The van der Waals surface area contributed by atoms with E-state index in [2.05, 4.69) is 5.32 Å². The lowest BCUT2D eigenvalue weighted by atomic mass is 10.1.